The smallest absolute Gasteiger partial charge is 0.275 e. The van der Waals surface area contributed by atoms with Crippen LogP contribution in [0.2, 0.25) is 5.02 Å². The topological polar surface area (TPSA) is 36.8 Å². The first kappa shape index (κ1) is 16.6. The summed E-state index contributed by atoms with van der Waals surface area (Å²) in [6.45, 7) is 4.49. The SMILES string of the molecule is O=C(C[NH+]1CCN(c2ccccc2Cl)CC1)NC1CCCCC1. The fourth-order valence-corrected chi connectivity index (χ4v) is 3.96. The summed E-state index contributed by atoms with van der Waals surface area (Å²) in [5, 5.41) is 4.03. The highest BCUT2D eigenvalue weighted by molar-refractivity contribution is 6.33. The van der Waals surface area contributed by atoms with Gasteiger partial charge < -0.3 is 15.1 Å². The Hall–Kier alpha value is -1.26. The molecule has 1 aliphatic heterocycles. The Morgan fingerprint density at radius 3 is 2.57 bits per heavy atom. The summed E-state index contributed by atoms with van der Waals surface area (Å²) in [5.41, 5.74) is 1.11. The van der Waals surface area contributed by atoms with Crippen LogP contribution in [0.5, 0.6) is 0 Å². The Bertz CT molecular complexity index is 523. The Balaban J connectivity index is 1.44. The van der Waals surface area contributed by atoms with Crippen molar-refractivity contribution in [1.82, 2.24) is 5.32 Å². The highest BCUT2D eigenvalue weighted by Crippen LogP contribution is 2.24. The van der Waals surface area contributed by atoms with Gasteiger partial charge in [0.05, 0.1) is 36.9 Å². The molecule has 1 heterocycles. The van der Waals surface area contributed by atoms with Gasteiger partial charge in [0.2, 0.25) is 0 Å². The average Bonchev–Trinajstić information content (AvgIpc) is 2.57. The first-order valence-corrected chi connectivity index (χ1v) is 9.22. The van der Waals surface area contributed by atoms with Crippen LogP contribution in [0.4, 0.5) is 5.69 Å². The molecule has 2 N–H and O–H groups in total. The molecule has 1 amide bonds. The number of hydrogen-bond acceptors (Lipinski definition) is 2. The van der Waals surface area contributed by atoms with Crippen LogP contribution >= 0.6 is 11.6 Å². The van der Waals surface area contributed by atoms with E-state index in [1.54, 1.807) is 0 Å². The maximum absolute atomic E-state index is 12.2. The molecule has 4 nitrogen and oxygen atoms in total. The number of para-hydroxylation sites is 1. The summed E-state index contributed by atoms with van der Waals surface area (Å²) in [7, 11) is 0. The second kappa shape index (κ2) is 8.02. The van der Waals surface area contributed by atoms with Gasteiger partial charge in [-0.2, -0.15) is 0 Å². The molecule has 2 fully saturated rings. The van der Waals surface area contributed by atoms with Crippen molar-refractivity contribution in [3.05, 3.63) is 29.3 Å². The van der Waals surface area contributed by atoms with Gasteiger partial charge in [-0.25, -0.2) is 0 Å². The molecule has 126 valence electrons. The van der Waals surface area contributed by atoms with Gasteiger partial charge in [-0.3, -0.25) is 4.79 Å². The number of piperazine rings is 1. The Labute approximate surface area is 143 Å². The minimum absolute atomic E-state index is 0.220. The zero-order chi connectivity index (χ0) is 16.1. The van der Waals surface area contributed by atoms with Crippen molar-refractivity contribution in [3.63, 3.8) is 0 Å². The highest BCUT2D eigenvalue weighted by atomic mass is 35.5. The molecule has 0 aromatic heterocycles. The van der Waals surface area contributed by atoms with E-state index >= 15 is 0 Å². The third kappa shape index (κ3) is 4.61. The molecule has 0 radical (unpaired) electrons. The van der Waals surface area contributed by atoms with E-state index in [4.69, 9.17) is 11.6 Å². The molecule has 3 rings (SSSR count). The minimum atomic E-state index is 0.220. The molecule has 0 unspecified atom stereocenters. The van der Waals surface area contributed by atoms with E-state index < -0.39 is 0 Å². The van der Waals surface area contributed by atoms with Crippen molar-refractivity contribution in [2.75, 3.05) is 37.6 Å². The normalized spacial score (nSPS) is 20.5. The predicted molar refractivity (Wildman–Crippen MR) is 94.2 cm³/mol. The van der Waals surface area contributed by atoms with E-state index in [-0.39, 0.29) is 5.91 Å². The summed E-state index contributed by atoms with van der Waals surface area (Å²) in [5.74, 6) is 0.220. The number of halogens is 1. The van der Waals surface area contributed by atoms with E-state index in [2.05, 4.69) is 16.3 Å². The maximum Gasteiger partial charge on any atom is 0.275 e. The van der Waals surface area contributed by atoms with E-state index in [0.717, 1.165) is 49.7 Å². The first-order chi connectivity index (χ1) is 11.2. The molecule has 1 aromatic rings. The van der Waals surface area contributed by atoms with Crippen LogP contribution in [0.15, 0.2) is 24.3 Å². The van der Waals surface area contributed by atoms with Gasteiger partial charge in [-0.1, -0.05) is 43.0 Å². The van der Waals surface area contributed by atoms with Crippen LogP contribution in [-0.2, 0) is 4.79 Å². The third-order valence-electron chi connectivity index (χ3n) is 5.04. The largest absolute Gasteiger partial charge is 0.359 e. The molecular weight excluding hydrogens is 310 g/mol. The van der Waals surface area contributed by atoms with Crippen LogP contribution in [0.1, 0.15) is 32.1 Å². The van der Waals surface area contributed by atoms with Crippen molar-refractivity contribution in [1.29, 1.82) is 0 Å². The number of nitrogens with zero attached hydrogens (tertiary/aromatic N) is 1. The van der Waals surface area contributed by atoms with E-state index in [9.17, 15) is 4.79 Å². The van der Waals surface area contributed by atoms with Crippen molar-refractivity contribution < 1.29 is 9.69 Å². The van der Waals surface area contributed by atoms with Gasteiger partial charge in [0.15, 0.2) is 6.54 Å². The number of anilines is 1. The average molecular weight is 337 g/mol. The number of quaternary nitrogens is 1. The Kier molecular flexibility index (Phi) is 5.79. The molecule has 5 heteroatoms. The highest BCUT2D eigenvalue weighted by Gasteiger charge is 2.24. The number of hydrogen-bond donors (Lipinski definition) is 2. The second-order valence-corrected chi connectivity index (χ2v) is 7.17. The molecule has 1 aliphatic carbocycles. The van der Waals surface area contributed by atoms with Crippen LogP contribution in [0.25, 0.3) is 0 Å². The lowest BCUT2D eigenvalue weighted by atomic mass is 9.95. The summed E-state index contributed by atoms with van der Waals surface area (Å²) in [6, 6.07) is 8.41. The van der Waals surface area contributed by atoms with Crippen molar-refractivity contribution >= 4 is 23.2 Å². The maximum atomic E-state index is 12.2. The molecule has 1 saturated heterocycles. The van der Waals surface area contributed by atoms with Gasteiger partial charge >= 0.3 is 0 Å². The monoisotopic (exact) mass is 336 g/mol. The molecule has 0 spiro atoms. The predicted octanol–water partition coefficient (Wildman–Crippen LogP) is 1.49. The standard InChI is InChI=1S/C18H26ClN3O/c19-16-8-4-5-9-17(16)22-12-10-21(11-13-22)14-18(23)20-15-6-2-1-3-7-15/h4-5,8-9,15H,1-3,6-7,10-14H2,(H,20,23)/p+1. The molecule has 1 aromatic carbocycles. The summed E-state index contributed by atoms with van der Waals surface area (Å²) < 4.78 is 0. The number of rotatable bonds is 4. The lowest BCUT2D eigenvalue weighted by Crippen LogP contribution is -3.16. The fourth-order valence-electron chi connectivity index (χ4n) is 3.70. The lowest BCUT2D eigenvalue weighted by Gasteiger charge is -2.34. The molecule has 1 saturated carbocycles. The molecule has 2 aliphatic rings. The van der Waals surface area contributed by atoms with Gasteiger partial charge in [-0.15, -0.1) is 0 Å². The number of carbonyl (C=O) groups is 1. The van der Waals surface area contributed by atoms with Gasteiger partial charge in [0.1, 0.15) is 0 Å². The lowest BCUT2D eigenvalue weighted by molar-refractivity contribution is -0.892. The third-order valence-corrected chi connectivity index (χ3v) is 5.36. The zero-order valence-electron chi connectivity index (χ0n) is 13.7. The van der Waals surface area contributed by atoms with Crippen LogP contribution in [0.3, 0.4) is 0 Å². The van der Waals surface area contributed by atoms with Crippen molar-refractivity contribution in [3.8, 4) is 0 Å². The number of carbonyl (C=O) groups excluding carboxylic acids is 1. The van der Waals surface area contributed by atoms with Crippen LogP contribution in [-0.4, -0.2) is 44.7 Å². The quantitative estimate of drug-likeness (QED) is 0.874. The number of benzene rings is 1. The zero-order valence-corrected chi connectivity index (χ0v) is 14.4. The summed E-state index contributed by atoms with van der Waals surface area (Å²) in [4.78, 5) is 15.9. The van der Waals surface area contributed by atoms with Gasteiger partial charge in [0.25, 0.3) is 5.91 Å². The van der Waals surface area contributed by atoms with Crippen LogP contribution < -0.4 is 15.1 Å². The number of nitrogens with one attached hydrogen (secondary N) is 2. The molecule has 23 heavy (non-hydrogen) atoms. The molecule has 0 bridgehead atoms. The van der Waals surface area contributed by atoms with Gasteiger partial charge in [-0.05, 0) is 25.0 Å². The first-order valence-electron chi connectivity index (χ1n) is 8.85. The van der Waals surface area contributed by atoms with Crippen molar-refractivity contribution in [2.45, 2.75) is 38.1 Å². The Morgan fingerprint density at radius 2 is 1.87 bits per heavy atom. The summed E-state index contributed by atoms with van der Waals surface area (Å²) in [6.07, 6.45) is 6.15. The fraction of sp³-hybridized carbons (Fsp3) is 0.611. The second-order valence-electron chi connectivity index (χ2n) is 6.77. The number of amides is 1. The van der Waals surface area contributed by atoms with Crippen LogP contribution in [0, 0.1) is 0 Å². The van der Waals surface area contributed by atoms with E-state index in [0.29, 0.717) is 12.6 Å². The van der Waals surface area contributed by atoms with E-state index in [1.807, 2.05) is 18.2 Å². The van der Waals surface area contributed by atoms with Gasteiger partial charge in [0, 0.05) is 6.04 Å². The van der Waals surface area contributed by atoms with Crippen molar-refractivity contribution in [2.24, 2.45) is 0 Å². The Morgan fingerprint density at radius 1 is 1.17 bits per heavy atom. The van der Waals surface area contributed by atoms with E-state index in [1.165, 1.54) is 24.2 Å². The minimum Gasteiger partial charge on any atom is -0.359 e. The molecule has 0 atom stereocenters. The molecular formula is C18H27ClN3O+. The summed E-state index contributed by atoms with van der Waals surface area (Å²) >= 11 is 6.27.